The first-order chi connectivity index (χ1) is 6.31. The standard InChI is InChI=1S/C10H13OS2/c1-12-9-4-3-8(5-6-11)7-10(9)13-2/h3-4,7H,5-6H2,1-2H3. The van der Waals surface area contributed by atoms with Crippen molar-refractivity contribution in [2.45, 2.75) is 16.2 Å². The Balaban J connectivity index is 2.91. The molecule has 0 fully saturated rings. The van der Waals surface area contributed by atoms with E-state index in [1.54, 1.807) is 23.5 Å². The fourth-order valence-corrected chi connectivity index (χ4v) is 2.66. The molecule has 0 saturated carbocycles. The Bertz CT molecular complexity index is 274. The van der Waals surface area contributed by atoms with Gasteiger partial charge in [-0.05, 0) is 36.6 Å². The number of thioether (sulfide) groups is 2. The monoisotopic (exact) mass is 213 g/mol. The molecule has 1 nitrogen and oxygen atoms in total. The summed E-state index contributed by atoms with van der Waals surface area (Å²) in [6.45, 7) is -0.0214. The molecule has 71 valence electrons. The molecule has 0 spiro atoms. The van der Waals surface area contributed by atoms with Gasteiger partial charge in [-0.1, -0.05) is 6.07 Å². The van der Waals surface area contributed by atoms with Crippen LogP contribution >= 0.6 is 23.5 Å². The van der Waals surface area contributed by atoms with Gasteiger partial charge in [0, 0.05) is 9.79 Å². The summed E-state index contributed by atoms with van der Waals surface area (Å²) in [5.41, 5.74) is 1.15. The molecule has 0 N–H and O–H groups in total. The summed E-state index contributed by atoms with van der Waals surface area (Å²) in [7, 11) is 0. The second-order valence-electron chi connectivity index (χ2n) is 2.64. The summed E-state index contributed by atoms with van der Waals surface area (Å²) in [5.74, 6) is 0. The lowest BCUT2D eigenvalue weighted by molar-refractivity contribution is 0.197. The van der Waals surface area contributed by atoms with E-state index in [1.807, 2.05) is 6.07 Å². The third-order valence-electron chi connectivity index (χ3n) is 1.84. The maximum absolute atomic E-state index is 10.4. The molecule has 1 aromatic rings. The van der Waals surface area contributed by atoms with Gasteiger partial charge in [0.1, 0.15) is 0 Å². The lowest BCUT2D eigenvalue weighted by Crippen LogP contribution is -1.90. The van der Waals surface area contributed by atoms with E-state index in [1.165, 1.54) is 9.79 Å². The molecule has 0 unspecified atom stereocenters. The summed E-state index contributed by atoms with van der Waals surface area (Å²) in [6.07, 6.45) is 4.78. The second kappa shape index (κ2) is 5.58. The molecule has 0 amide bonds. The van der Waals surface area contributed by atoms with Crippen molar-refractivity contribution < 1.29 is 5.11 Å². The minimum atomic E-state index is -0.0214. The molecule has 0 aliphatic heterocycles. The summed E-state index contributed by atoms with van der Waals surface area (Å²) >= 11 is 3.48. The fourth-order valence-electron chi connectivity index (χ4n) is 1.15. The number of benzene rings is 1. The maximum Gasteiger partial charge on any atom is 0.0862 e. The highest BCUT2D eigenvalue weighted by Gasteiger charge is 2.01. The quantitative estimate of drug-likeness (QED) is 0.716. The first kappa shape index (κ1) is 11.0. The fraction of sp³-hybridized carbons (Fsp3) is 0.400. The van der Waals surface area contributed by atoms with Crippen LogP contribution < -0.4 is 0 Å². The van der Waals surface area contributed by atoms with E-state index in [4.69, 9.17) is 0 Å². The van der Waals surface area contributed by atoms with Gasteiger partial charge in [-0.15, -0.1) is 23.5 Å². The Labute approximate surface area is 87.9 Å². The highest BCUT2D eigenvalue weighted by Crippen LogP contribution is 2.28. The molecule has 1 rings (SSSR count). The van der Waals surface area contributed by atoms with Crippen LogP contribution in [0.2, 0.25) is 0 Å². The zero-order chi connectivity index (χ0) is 9.68. The number of hydrogen-bond donors (Lipinski definition) is 0. The molecule has 0 aliphatic carbocycles. The first-order valence-corrected chi connectivity index (χ1v) is 6.55. The average molecular weight is 213 g/mol. The Morgan fingerprint density at radius 3 is 2.38 bits per heavy atom. The highest BCUT2D eigenvalue weighted by atomic mass is 32.2. The predicted octanol–water partition coefficient (Wildman–Crippen LogP) is 3.10. The van der Waals surface area contributed by atoms with E-state index >= 15 is 0 Å². The summed E-state index contributed by atoms with van der Waals surface area (Å²) < 4.78 is 0. The third kappa shape index (κ3) is 2.93. The molecule has 13 heavy (non-hydrogen) atoms. The van der Waals surface area contributed by atoms with Crippen molar-refractivity contribution in [3.8, 4) is 0 Å². The van der Waals surface area contributed by atoms with E-state index in [0.717, 1.165) is 5.56 Å². The molecular formula is C10H13OS2. The van der Waals surface area contributed by atoms with Gasteiger partial charge >= 0.3 is 0 Å². The van der Waals surface area contributed by atoms with Crippen molar-refractivity contribution in [1.29, 1.82) is 0 Å². The molecule has 0 aliphatic rings. The maximum atomic E-state index is 10.4. The van der Waals surface area contributed by atoms with Crippen LogP contribution in [0.15, 0.2) is 28.0 Å². The van der Waals surface area contributed by atoms with E-state index in [2.05, 4.69) is 24.6 Å². The van der Waals surface area contributed by atoms with Crippen LogP contribution in [-0.4, -0.2) is 19.1 Å². The largest absolute Gasteiger partial charge is 0.236 e. The number of hydrogen-bond acceptors (Lipinski definition) is 2. The van der Waals surface area contributed by atoms with Crippen molar-refractivity contribution in [3.05, 3.63) is 23.8 Å². The van der Waals surface area contributed by atoms with E-state index < -0.39 is 0 Å². The van der Waals surface area contributed by atoms with Gasteiger partial charge in [0.05, 0.1) is 6.61 Å². The Hall–Kier alpha value is -0.120. The molecule has 0 saturated heterocycles. The van der Waals surface area contributed by atoms with Crippen molar-refractivity contribution in [2.24, 2.45) is 0 Å². The number of rotatable bonds is 4. The first-order valence-electron chi connectivity index (χ1n) is 4.11. The lowest BCUT2D eigenvalue weighted by atomic mass is 10.2. The van der Waals surface area contributed by atoms with E-state index in [-0.39, 0.29) is 6.61 Å². The van der Waals surface area contributed by atoms with Crippen LogP contribution in [0.4, 0.5) is 0 Å². The van der Waals surface area contributed by atoms with Gasteiger partial charge < -0.3 is 0 Å². The van der Waals surface area contributed by atoms with Crippen molar-refractivity contribution in [1.82, 2.24) is 0 Å². The molecular weight excluding hydrogens is 200 g/mol. The molecule has 1 radical (unpaired) electrons. The van der Waals surface area contributed by atoms with Crippen LogP contribution in [-0.2, 0) is 11.5 Å². The van der Waals surface area contributed by atoms with Gasteiger partial charge in [0.25, 0.3) is 0 Å². The normalized spacial score (nSPS) is 10.4. The molecule has 0 aromatic heterocycles. The van der Waals surface area contributed by atoms with Crippen molar-refractivity contribution in [3.63, 3.8) is 0 Å². The van der Waals surface area contributed by atoms with Crippen LogP contribution in [0.1, 0.15) is 5.56 Å². The van der Waals surface area contributed by atoms with Crippen LogP contribution in [0.5, 0.6) is 0 Å². The van der Waals surface area contributed by atoms with Gasteiger partial charge in [-0.3, -0.25) is 0 Å². The SMILES string of the molecule is CSc1ccc(CC[O])cc1SC. The molecule has 0 atom stereocenters. The van der Waals surface area contributed by atoms with Gasteiger partial charge in [-0.25, -0.2) is 5.11 Å². The van der Waals surface area contributed by atoms with Gasteiger partial charge in [0.2, 0.25) is 0 Å². The smallest absolute Gasteiger partial charge is 0.0862 e. The minimum Gasteiger partial charge on any atom is -0.236 e. The third-order valence-corrected chi connectivity index (χ3v) is 3.54. The average Bonchev–Trinajstić information content (AvgIpc) is 2.18. The van der Waals surface area contributed by atoms with Crippen LogP contribution in [0, 0.1) is 0 Å². The lowest BCUT2D eigenvalue weighted by Gasteiger charge is -2.06. The van der Waals surface area contributed by atoms with Gasteiger partial charge in [-0.2, -0.15) is 0 Å². The Morgan fingerprint density at radius 2 is 1.85 bits per heavy atom. The Kier molecular flexibility index (Phi) is 4.70. The second-order valence-corrected chi connectivity index (χ2v) is 4.34. The highest BCUT2D eigenvalue weighted by molar-refractivity contribution is 8.01. The molecule has 0 heterocycles. The zero-order valence-corrected chi connectivity index (χ0v) is 9.50. The molecule has 1 aromatic carbocycles. The zero-order valence-electron chi connectivity index (χ0n) is 7.87. The minimum absolute atomic E-state index is 0.0214. The Morgan fingerprint density at radius 1 is 1.15 bits per heavy atom. The van der Waals surface area contributed by atoms with Gasteiger partial charge in [0.15, 0.2) is 0 Å². The van der Waals surface area contributed by atoms with Crippen molar-refractivity contribution in [2.75, 3.05) is 19.1 Å². The topological polar surface area (TPSA) is 19.9 Å². The van der Waals surface area contributed by atoms with E-state index in [9.17, 15) is 5.11 Å². The predicted molar refractivity (Wildman–Crippen MR) is 59.3 cm³/mol. The summed E-state index contributed by atoms with van der Waals surface area (Å²) in [6, 6.07) is 6.26. The molecule has 3 heteroatoms. The summed E-state index contributed by atoms with van der Waals surface area (Å²) in [4.78, 5) is 2.57. The van der Waals surface area contributed by atoms with Crippen LogP contribution in [0.25, 0.3) is 0 Å². The summed E-state index contributed by atoms with van der Waals surface area (Å²) in [5, 5.41) is 10.4. The molecule has 0 bridgehead atoms. The van der Waals surface area contributed by atoms with Crippen molar-refractivity contribution >= 4 is 23.5 Å². The van der Waals surface area contributed by atoms with E-state index in [0.29, 0.717) is 6.42 Å². The van der Waals surface area contributed by atoms with Crippen LogP contribution in [0.3, 0.4) is 0 Å².